The van der Waals surface area contributed by atoms with Gasteiger partial charge >= 0.3 is 0 Å². The topological polar surface area (TPSA) is 61.4 Å². The third-order valence-corrected chi connectivity index (χ3v) is 4.67. The van der Waals surface area contributed by atoms with Gasteiger partial charge in [-0.25, -0.2) is 0 Å². The zero-order chi connectivity index (χ0) is 19.0. The molecule has 0 unspecified atom stereocenters. The van der Waals surface area contributed by atoms with Gasteiger partial charge in [-0.05, 0) is 31.4 Å². The van der Waals surface area contributed by atoms with Crippen LogP contribution in [-0.4, -0.2) is 31.4 Å². The van der Waals surface area contributed by atoms with Crippen LogP contribution in [0.3, 0.4) is 0 Å². The highest BCUT2D eigenvalue weighted by molar-refractivity contribution is 5.94. The Morgan fingerprint density at radius 1 is 1.04 bits per heavy atom. The number of para-hydroxylation sites is 2. The summed E-state index contributed by atoms with van der Waals surface area (Å²) in [6.45, 7) is 8.27. The SMILES string of the molecule is CC(C)(C)C(=O)NCCCC(=O)Nc1ccccc1N1CCCCCC1. The minimum atomic E-state index is -0.394. The lowest BCUT2D eigenvalue weighted by Gasteiger charge is -2.25. The fourth-order valence-electron chi connectivity index (χ4n) is 3.10. The van der Waals surface area contributed by atoms with Crippen molar-refractivity contribution >= 4 is 23.2 Å². The quantitative estimate of drug-likeness (QED) is 0.756. The van der Waals surface area contributed by atoms with Gasteiger partial charge in [0, 0.05) is 31.5 Å². The summed E-state index contributed by atoms with van der Waals surface area (Å²) in [5, 5.41) is 5.94. The summed E-state index contributed by atoms with van der Waals surface area (Å²) in [7, 11) is 0. The highest BCUT2D eigenvalue weighted by Crippen LogP contribution is 2.28. The maximum Gasteiger partial charge on any atom is 0.225 e. The van der Waals surface area contributed by atoms with E-state index >= 15 is 0 Å². The van der Waals surface area contributed by atoms with E-state index in [1.807, 2.05) is 39.0 Å². The van der Waals surface area contributed by atoms with Gasteiger partial charge in [0.25, 0.3) is 0 Å². The van der Waals surface area contributed by atoms with Gasteiger partial charge in [-0.1, -0.05) is 45.7 Å². The van der Waals surface area contributed by atoms with E-state index in [9.17, 15) is 9.59 Å². The molecule has 2 N–H and O–H groups in total. The van der Waals surface area contributed by atoms with Gasteiger partial charge < -0.3 is 15.5 Å². The third-order valence-electron chi connectivity index (χ3n) is 4.67. The van der Waals surface area contributed by atoms with Crippen LogP contribution in [-0.2, 0) is 9.59 Å². The van der Waals surface area contributed by atoms with Crippen molar-refractivity contribution in [2.24, 2.45) is 5.41 Å². The Morgan fingerprint density at radius 2 is 1.69 bits per heavy atom. The van der Waals surface area contributed by atoms with Crippen LogP contribution in [0.15, 0.2) is 24.3 Å². The third kappa shape index (κ3) is 6.36. The zero-order valence-corrected chi connectivity index (χ0v) is 16.4. The lowest BCUT2D eigenvalue weighted by atomic mass is 9.96. The molecule has 0 saturated carbocycles. The van der Waals surface area contributed by atoms with Crippen LogP contribution in [0.4, 0.5) is 11.4 Å². The number of amides is 2. The summed E-state index contributed by atoms with van der Waals surface area (Å²) >= 11 is 0. The van der Waals surface area contributed by atoms with E-state index in [2.05, 4.69) is 21.6 Å². The molecule has 5 heteroatoms. The fourth-order valence-corrected chi connectivity index (χ4v) is 3.10. The highest BCUT2D eigenvalue weighted by atomic mass is 16.2. The van der Waals surface area contributed by atoms with Crippen molar-refractivity contribution in [3.63, 3.8) is 0 Å². The lowest BCUT2D eigenvalue weighted by molar-refractivity contribution is -0.128. The molecule has 1 aliphatic rings. The first-order valence-electron chi connectivity index (χ1n) is 9.80. The molecular formula is C21H33N3O2. The number of carbonyl (C=O) groups is 2. The van der Waals surface area contributed by atoms with Gasteiger partial charge in [0.1, 0.15) is 0 Å². The number of anilines is 2. The van der Waals surface area contributed by atoms with Crippen LogP contribution < -0.4 is 15.5 Å². The second-order valence-electron chi connectivity index (χ2n) is 8.08. The normalized spacial score (nSPS) is 15.3. The molecule has 26 heavy (non-hydrogen) atoms. The molecule has 144 valence electrons. The minimum Gasteiger partial charge on any atom is -0.370 e. The maximum absolute atomic E-state index is 12.3. The standard InChI is InChI=1S/C21H33N3O2/c1-21(2,3)20(26)22-14-10-13-19(25)23-17-11-6-7-12-18(17)24-15-8-4-5-9-16-24/h6-7,11-12H,4-5,8-10,13-16H2,1-3H3,(H,22,26)(H,23,25). The van der Waals surface area contributed by atoms with Gasteiger partial charge in [0.2, 0.25) is 11.8 Å². The van der Waals surface area contributed by atoms with E-state index in [-0.39, 0.29) is 11.8 Å². The minimum absolute atomic E-state index is 0.00252. The zero-order valence-electron chi connectivity index (χ0n) is 16.4. The van der Waals surface area contributed by atoms with E-state index < -0.39 is 5.41 Å². The average molecular weight is 360 g/mol. The summed E-state index contributed by atoms with van der Waals surface area (Å²) in [5.74, 6) is 0.0155. The van der Waals surface area contributed by atoms with E-state index in [1.165, 1.54) is 25.7 Å². The van der Waals surface area contributed by atoms with Crippen LogP contribution in [0.5, 0.6) is 0 Å². The monoisotopic (exact) mass is 359 g/mol. The predicted molar refractivity (Wildman–Crippen MR) is 107 cm³/mol. The van der Waals surface area contributed by atoms with Crippen molar-refractivity contribution in [2.75, 3.05) is 29.9 Å². The highest BCUT2D eigenvalue weighted by Gasteiger charge is 2.20. The molecule has 2 amide bonds. The lowest BCUT2D eigenvalue weighted by Crippen LogP contribution is -2.35. The van der Waals surface area contributed by atoms with Crippen LogP contribution in [0.2, 0.25) is 0 Å². The maximum atomic E-state index is 12.3. The number of hydrogen-bond acceptors (Lipinski definition) is 3. The molecule has 1 saturated heterocycles. The fraction of sp³-hybridized carbons (Fsp3) is 0.619. The van der Waals surface area contributed by atoms with Gasteiger partial charge in [-0.15, -0.1) is 0 Å². The number of nitrogens with one attached hydrogen (secondary N) is 2. The van der Waals surface area contributed by atoms with Crippen molar-refractivity contribution in [1.82, 2.24) is 5.32 Å². The summed E-state index contributed by atoms with van der Waals surface area (Å²) in [4.78, 5) is 26.5. The molecule has 1 heterocycles. The molecule has 1 aromatic carbocycles. The van der Waals surface area contributed by atoms with Crippen LogP contribution in [0.1, 0.15) is 59.3 Å². The van der Waals surface area contributed by atoms with Crippen LogP contribution in [0, 0.1) is 5.41 Å². The number of hydrogen-bond donors (Lipinski definition) is 2. The van der Waals surface area contributed by atoms with E-state index in [0.717, 1.165) is 24.5 Å². The predicted octanol–water partition coefficient (Wildman–Crippen LogP) is 3.95. The van der Waals surface area contributed by atoms with E-state index in [0.29, 0.717) is 19.4 Å². The van der Waals surface area contributed by atoms with Gasteiger partial charge in [-0.3, -0.25) is 9.59 Å². The summed E-state index contributed by atoms with van der Waals surface area (Å²) in [6.07, 6.45) is 6.01. The van der Waals surface area contributed by atoms with Crippen molar-refractivity contribution in [1.29, 1.82) is 0 Å². The molecule has 0 aliphatic carbocycles. The number of nitrogens with zero attached hydrogens (tertiary/aromatic N) is 1. The van der Waals surface area contributed by atoms with Gasteiger partial charge in [0.05, 0.1) is 11.4 Å². The Morgan fingerprint density at radius 3 is 2.35 bits per heavy atom. The Hall–Kier alpha value is -2.04. The summed E-state index contributed by atoms with van der Waals surface area (Å²) in [5.41, 5.74) is 1.61. The van der Waals surface area contributed by atoms with Crippen molar-refractivity contribution < 1.29 is 9.59 Å². The molecule has 1 aliphatic heterocycles. The molecule has 0 spiro atoms. The Bertz CT molecular complexity index is 600. The smallest absolute Gasteiger partial charge is 0.225 e. The van der Waals surface area contributed by atoms with Crippen LogP contribution in [0.25, 0.3) is 0 Å². The molecular weight excluding hydrogens is 326 g/mol. The molecule has 1 fully saturated rings. The van der Waals surface area contributed by atoms with Gasteiger partial charge in [0.15, 0.2) is 0 Å². The van der Waals surface area contributed by atoms with E-state index in [1.54, 1.807) is 0 Å². The molecule has 1 aromatic rings. The summed E-state index contributed by atoms with van der Waals surface area (Å²) in [6, 6.07) is 8.04. The largest absolute Gasteiger partial charge is 0.370 e. The second kappa shape index (κ2) is 9.60. The first kappa shape index (κ1) is 20.3. The number of carbonyl (C=O) groups excluding carboxylic acids is 2. The van der Waals surface area contributed by atoms with Crippen molar-refractivity contribution in [3.8, 4) is 0 Å². The van der Waals surface area contributed by atoms with Gasteiger partial charge in [-0.2, -0.15) is 0 Å². The Balaban J connectivity index is 1.84. The molecule has 5 nitrogen and oxygen atoms in total. The molecule has 0 bridgehead atoms. The Kier molecular flexibility index (Phi) is 7.49. The first-order valence-corrected chi connectivity index (χ1v) is 9.80. The van der Waals surface area contributed by atoms with Crippen molar-refractivity contribution in [2.45, 2.75) is 59.3 Å². The molecule has 0 radical (unpaired) electrons. The van der Waals surface area contributed by atoms with Crippen molar-refractivity contribution in [3.05, 3.63) is 24.3 Å². The molecule has 0 atom stereocenters. The van der Waals surface area contributed by atoms with Crippen LogP contribution >= 0.6 is 0 Å². The molecule has 0 aromatic heterocycles. The average Bonchev–Trinajstić information content (AvgIpc) is 2.87. The van der Waals surface area contributed by atoms with E-state index in [4.69, 9.17) is 0 Å². The Labute approximate surface area is 157 Å². The summed E-state index contributed by atoms with van der Waals surface area (Å²) < 4.78 is 0. The molecule has 2 rings (SSSR count). The number of benzene rings is 1. The second-order valence-corrected chi connectivity index (χ2v) is 8.08. The first-order chi connectivity index (χ1) is 12.4. The number of rotatable bonds is 6.